The molecule has 0 bridgehead atoms. The minimum atomic E-state index is -3.68. The van der Waals surface area contributed by atoms with Crippen LogP contribution in [0.15, 0.2) is 0 Å². The van der Waals surface area contributed by atoms with Gasteiger partial charge in [0.05, 0.1) is 0 Å². The molecule has 0 aromatic heterocycles. The fourth-order valence-corrected chi connectivity index (χ4v) is 1.07. The second kappa shape index (κ2) is 3.87. The summed E-state index contributed by atoms with van der Waals surface area (Å²) in [5.41, 5.74) is 0. The summed E-state index contributed by atoms with van der Waals surface area (Å²) < 4.78 is 2.58. The molecule has 0 atom stereocenters. The molecule has 0 amide bonds. The largest absolute Gasteiger partial charge is 0.325 e. The summed E-state index contributed by atoms with van der Waals surface area (Å²) in [6, 6.07) is 0. The third kappa shape index (κ3) is 9.40. The molecule has 8 heteroatoms. The second-order valence-corrected chi connectivity index (χ2v) is 6.56. The van der Waals surface area contributed by atoms with E-state index in [9.17, 15) is 0 Å². The first kappa shape index (κ1) is 11.4. The summed E-state index contributed by atoms with van der Waals surface area (Å²) in [7, 11) is 0. The summed E-state index contributed by atoms with van der Waals surface area (Å²) >= 11 is 19.7. The van der Waals surface area contributed by atoms with Crippen molar-refractivity contribution in [2.75, 3.05) is 6.61 Å². The van der Waals surface area contributed by atoms with Crippen LogP contribution in [0, 0.1) is 0 Å². The van der Waals surface area contributed by atoms with Crippen molar-refractivity contribution in [2.24, 2.45) is 0 Å². The first-order valence-corrected chi connectivity index (χ1v) is 5.73. The molecule has 10 heavy (non-hydrogen) atoms. The molecule has 0 radical (unpaired) electrons. The zero-order valence-electron chi connectivity index (χ0n) is 4.50. The Kier molecular flexibility index (Phi) is 4.42. The molecule has 62 valence electrons. The van der Waals surface area contributed by atoms with E-state index in [2.05, 4.69) is 16.3 Å². The van der Waals surface area contributed by atoms with E-state index in [4.69, 9.17) is 44.6 Å². The molecule has 0 heterocycles. The van der Waals surface area contributed by atoms with E-state index in [1.807, 2.05) is 0 Å². The molecule has 2 N–H and O–H groups in total. The molecule has 0 fully saturated rings. The number of rotatable bonds is 2. The zero-order chi connectivity index (χ0) is 8.41. The lowest BCUT2D eigenvalue weighted by atomic mass is 10.9. The predicted octanol–water partition coefficient (Wildman–Crippen LogP) is 1.58. The molecule has 0 saturated carbocycles. The number of alkyl halides is 3. The number of halogens is 3. The van der Waals surface area contributed by atoms with E-state index in [-0.39, 0.29) is 0 Å². The highest BCUT2D eigenvalue weighted by atomic mass is 35.6. The summed E-state index contributed by atoms with van der Waals surface area (Å²) in [5, 5.41) is 0. The van der Waals surface area contributed by atoms with Gasteiger partial charge in [0.2, 0.25) is 3.79 Å². The SMILES string of the molecule is OP(O)(=S)OCC(Cl)(Cl)Cl. The molecule has 0 spiro atoms. The quantitative estimate of drug-likeness (QED) is 0.573. The summed E-state index contributed by atoms with van der Waals surface area (Å²) in [4.78, 5) is 16.9. The highest BCUT2D eigenvalue weighted by molar-refractivity contribution is 8.06. The third-order valence-electron chi connectivity index (χ3n) is 0.396. The molecule has 0 aromatic carbocycles. The monoisotopic (exact) mass is 244 g/mol. The fourth-order valence-electron chi connectivity index (χ4n) is 0.157. The van der Waals surface area contributed by atoms with Crippen LogP contribution < -0.4 is 0 Å². The Morgan fingerprint density at radius 1 is 1.40 bits per heavy atom. The van der Waals surface area contributed by atoms with Crippen LogP contribution in [0.4, 0.5) is 0 Å². The van der Waals surface area contributed by atoms with Gasteiger partial charge >= 0.3 is 6.72 Å². The van der Waals surface area contributed by atoms with Crippen molar-refractivity contribution in [3.8, 4) is 0 Å². The van der Waals surface area contributed by atoms with Gasteiger partial charge in [-0.1, -0.05) is 34.8 Å². The Labute approximate surface area is 78.1 Å². The van der Waals surface area contributed by atoms with E-state index < -0.39 is 17.1 Å². The maximum atomic E-state index is 8.46. The molecule has 0 aromatic rings. The van der Waals surface area contributed by atoms with E-state index in [1.54, 1.807) is 0 Å². The molecule has 0 aliphatic heterocycles. The minimum Gasteiger partial charge on any atom is -0.325 e. The molecule has 0 unspecified atom stereocenters. The average Bonchev–Trinajstić information content (AvgIpc) is 1.57. The van der Waals surface area contributed by atoms with Crippen molar-refractivity contribution in [2.45, 2.75) is 3.79 Å². The van der Waals surface area contributed by atoms with Gasteiger partial charge in [-0.15, -0.1) is 0 Å². The average molecular weight is 245 g/mol. The van der Waals surface area contributed by atoms with Crippen LogP contribution in [0.1, 0.15) is 0 Å². The predicted molar refractivity (Wildman–Crippen MR) is 45.0 cm³/mol. The van der Waals surface area contributed by atoms with Crippen LogP contribution in [0.2, 0.25) is 0 Å². The van der Waals surface area contributed by atoms with Crippen LogP contribution in [-0.4, -0.2) is 20.2 Å². The minimum absolute atomic E-state index is 0.429. The second-order valence-electron chi connectivity index (χ2n) is 1.38. The normalized spacial score (nSPS) is 13.7. The Morgan fingerprint density at radius 3 is 1.90 bits per heavy atom. The topological polar surface area (TPSA) is 49.7 Å². The lowest BCUT2D eigenvalue weighted by Gasteiger charge is -2.13. The van der Waals surface area contributed by atoms with Gasteiger partial charge in [-0.05, 0) is 11.8 Å². The highest BCUT2D eigenvalue weighted by Gasteiger charge is 2.23. The Hall–Kier alpha value is 1.40. The van der Waals surface area contributed by atoms with E-state index in [0.29, 0.717) is 0 Å². The lowest BCUT2D eigenvalue weighted by molar-refractivity contribution is 0.257. The van der Waals surface area contributed by atoms with E-state index in [0.717, 1.165) is 0 Å². The van der Waals surface area contributed by atoms with Crippen LogP contribution in [0.3, 0.4) is 0 Å². The highest BCUT2D eigenvalue weighted by Crippen LogP contribution is 2.40. The van der Waals surface area contributed by atoms with Crippen LogP contribution >= 0.6 is 41.5 Å². The van der Waals surface area contributed by atoms with Gasteiger partial charge in [-0.2, -0.15) is 0 Å². The smallest absolute Gasteiger partial charge is 0.322 e. The number of hydrogen-bond donors (Lipinski definition) is 2. The maximum Gasteiger partial charge on any atom is 0.322 e. The Morgan fingerprint density at radius 2 is 1.80 bits per heavy atom. The molecule has 3 nitrogen and oxygen atoms in total. The first-order chi connectivity index (χ1) is 4.21. The van der Waals surface area contributed by atoms with Gasteiger partial charge in [-0.3, -0.25) is 0 Å². The van der Waals surface area contributed by atoms with Gasteiger partial charge < -0.3 is 14.3 Å². The van der Waals surface area contributed by atoms with Crippen molar-refractivity contribution >= 4 is 53.3 Å². The Balaban J connectivity index is 3.67. The summed E-state index contributed by atoms with van der Waals surface area (Å²) in [5.74, 6) is 0. The third-order valence-corrected chi connectivity index (χ3v) is 1.51. The van der Waals surface area contributed by atoms with Crippen LogP contribution in [-0.2, 0) is 16.3 Å². The van der Waals surface area contributed by atoms with Crippen molar-refractivity contribution in [3.63, 3.8) is 0 Å². The molecule has 0 aliphatic carbocycles. The number of hydrogen-bond acceptors (Lipinski definition) is 2. The van der Waals surface area contributed by atoms with Crippen LogP contribution in [0.25, 0.3) is 0 Å². The zero-order valence-corrected chi connectivity index (χ0v) is 8.48. The Bertz CT molecular complexity index is 150. The van der Waals surface area contributed by atoms with E-state index >= 15 is 0 Å². The summed E-state index contributed by atoms with van der Waals surface area (Å²) in [6.45, 7) is -4.11. The standard InChI is InChI=1S/C2H4Cl3O3PS/c3-2(4,5)1-8-9(6,7)10/h1H2,(H2,6,7,10). The van der Waals surface area contributed by atoms with Gasteiger partial charge in [0, 0.05) is 0 Å². The van der Waals surface area contributed by atoms with Crippen LogP contribution in [0.5, 0.6) is 0 Å². The van der Waals surface area contributed by atoms with Crippen molar-refractivity contribution in [3.05, 3.63) is 0 Å². The van der Waals surface area contributed by atoms with Crippen molar-refractivity contribution < 1.29 is 14.3 Å². The maximum absolute atomic E-state index is 8.46. The fraction of sp³-hybridized carbons (Fsp3) is 1.00. The molecule has 0 aliphatic rings. The van der Waals surface area contributed by atoms with Gasteiger partial charge in [0.1, 0.15) is 6.61 Å². The lowest BCUT2D eigenvalue weighted by Crippen LogP contribution is -2.11. The summed E-state index contributed by atoms with van der Waals surface area (Å²) in [6.07, 6.45) is 0. The molecule has 0 rings (SSSR count). The first-order valence-electron chi connectivity index (χ1n) is 1.97. The van der Waals surface area contributed by atoms with Gasteiger partial charge in [-0.25, -0.2) is 0 Å². The van der Waals surface area contributed by atoms with Crippen molar-refractivity contribution in [1.82, 2.24) is 0 Å². The molecular formula is C2H4Cl3O3PS. The van der Waals surface area contributed by atoms with Gasteiger partial charge in [0.15, 0.2) is 0 Å². The van der Waals surface area contributed by atoms with Gasteiger partial charge in [0.25, 0.3) is 0 Å². The molecular weight excluding hydrogens is 241 g/mol. The van der Waals surface area contributed by atoms with Crippen molar-refractivity contribution in [1.29, 1.82) is 0 Å². The van der Waals surface area contributed by atoms with E-state index in [1.165, 1.54) is 0 Å². The molecule has 0 saturated heterocycles.